The first-order chi connectivity index (χ1) is 5.43. The number of carbonyl (C=O) groups is 1. The lowest BCUT2D eigenvalue weighted by Gasteiger charge is -2.08. The first kappa shape index (κ1) is 8.63. The Bertz CT molecular complexity index is 302. The molecule has 5 nitrogen and oxygen atoms in total. The number of nitrogens with two attached hydrogens (primary N) is 1. The van der Waals surface area contributed by atoms with E-state index in [2.05, 4.69) is 14.9 Å². The fourth-order valence-corrected chi connectivity index (χ4v) is 0.740. The molecule has 0 aliphatic rings. The van der Waals surface area contributed by atoms with Gasteiger partial charge in [-0.25, -0.2) is 9.02 Å². The van der Waals surface area contributed by atoms with Gasteiger partial charge in [-0.05, 0) is 19.0 Å². The molecule has 0 saturated carbocycles. The second-order valence-electron chi connectivity index (χ2n) is 2.80. The van der Waals surface area contributed by atoms with Crippen LogP contribution in [0.25, 0.3) is 0 Å². The summed E-state index contributed by atoms with van der Waals surface area (Å²) in [6.45, 7) is 2.47. The zero-order valence-electron chi connectivity index (χ0n) is 6.67. The molecule has 0 unspecified atom stereocenters. The van der Waals surface area contributed by atoms with Crippen LogP contribution in [-0.2, 0) is 5.67 Å². The van der Waals surface area contributed by atoms with Crippen LogP contribution in [-0.4, -0.2) is 16.2 Å². The summed E-state index contributed by atoms with van der Waals surface area (Å²) >= 11 is 0. The molecule has 0 aromatic carbocycles. The van der Waals surface area contributed by atoms with Gasteiger partial charge in [-0.15, -0.1) is 0 Å². The highest BCUT2D eigenvalue weighted by atomic mass is 19.1. The van der Waals surface area contributed by atoms with Gasteiger partial charge >= 0.3 is 0 Å². The largest absolute Gasteiger partial charge is 0.364 e. The Morgan fingerprint density at radius 2 is 2.17 bits per heavy atom. The zero-order valence-corrected chi connectivity index (χ0v) is 6.67. The molecule has 6 heteroatoms. The third kappa shape index (κ3) is 1.41. The summed E-state index contributed by atoms with van der Waals surface area (Å²) in [5.74, 6) is -0.850. The second-order valence-corrected chi connectivity index (χ2v) is 2.80. The van der Waals surface area contributed by atoms with Crippen molar-refractivity contribution in [2.45, 2.75) is 19.5 Å². The van der Waals surface area contributed by atoms with Gasteiger partial charge in [0.1, 0.15) is 0 Å². The molecule has 1 rings (SSSR count). The Morgan fingerprint density at radius 3 is 2.50 bits per heavy atom. The van der Waals surface area contributed by atoms with Crippen LogP contribution in [0.3, 0.4) is 0 Å². The number of primary amides is 1. The predicted molar refractivity (Wildman–Crippen MR) is 36.9 cm³/mol. The smallest absolute Gasteiger partial charge is 0.273 e. The highest BCUT2D eigenvalue weighted by Gasteiger charge is 2.30. The van der Waals surface area contributed by atoms with Gasteiger partial charge in [0.05, 0.1) is 0 Å². The number of aromatic nitrogens is 2. The first-order valence-electron chi connectivity index (χ1n) is 3.24. The molecule has 0 aliphatic heterocycles. The Kier molecular flexibility index (Phi) is 1.83. The van der Waals surface area contributed by atoms with E-state index in [0.29, 0.717) is 0 Å². The van der Waals surface area contributed by atoms with E-state index in [1.54, 1.807) is 0 Å². The van der Waals surface area contributed by atoms with Crippen molar-refractivity contribution in [2.24, 2.45) is 5.73 Å². The summed E-state index contributed by atoms with van der Waals surface area (Å²) in [5.41, 5.74) is 2.68. The first-order valence-corrected chi connectivity index (χ1v) is 3.24. The summed E-state index contributed by atoms with van der Waals surface area (Å²) in [6, 6.07) is 0. The average Bonchev–Trinajstić information content (AvgIpc) is 2.30. The lowest BCUT2D eigenvalue weighted by molar-refractivity contribution is 0.0985. The van der Waals surface area contributed by atoms with Crippen molar-refractivity contribution >= 4 is 5.91 Å². The number of carbonyl (C=O) groups excluding carboxylic acids is 1. The standard InChI is InChI=1S/C6H8FN3O2/c1-6(2,7)4-3(5(8)11)9-12-10-4/h1-2H3,(H2,8,11). The molecule has 0 saturated heterocycles. The van der Waals surface area contributed by atoms with Crippen molar-refractivity contribution in [1.29, 1.82) is 0 Å². The third-order valence-electron chi connectivity index (χ3n) is 1.29. The number of amides is 1. The van der Waals surface area contributed by atoms with E-state index >= 15 is 0 Å². The van der Waals surface area contributed by atoms with Crippen LogP contribution >= 0.6 is 0 Å². The molecule has 1 aromatic heterocycles. The molecule has 0 fully saturated rings. The molecule has 1 heterocycles. The Balaban J connectivity index is 3.17. The number of hydrogen-bond donors (Lipinski definition) is 1. The Labute approximate surface area is 67.7 Å². The molecule has 0 bridgehead atoms. The van der Waals surface area contributed by atoms with Crippen molar-refractivity contribution in [3.63, 3.8) is 0 Å². The summed E-state index contributed by atoms with van der Waals surface area (Å²) in [6.07, 6.45) is 0. The molecule has 0 aliphatic carbocycles. The molecule has 0 atom stereocenters. The van der Waals surface area contributed by atoms with Crippen LogP contribution in [0.15, 0.2) is 4.63 Å². The minimum absolute atomic E-state index is 0.171. The molecule has 0 radical (unpaired) electrons. The van der Waals surface area contributed by atoms with Crippen LogP contribution in [0.2, 0.25) is 0 Å². The lowest BCUT2D eigenvalue weighted by Crippen LogP contribution is -2.20. The summed E-state index contributed by atoms with van der Waals surface area (Å²) in [7, 11) is 0. The van der Waals surface area contributed by atoms with E-state index in [1.165, 1.54) is 13.8 Å². The maximum absolute atomic E-state index is 13.2. The van der Waals surface area contributed by atoms with Crippen molar-refractivity contribution in [3.8, 4) is 0 Å². The Hall–Kier alpha value is -1.46. The quantitative estimate of drug-likeness (QED) is 0.700. The van der Waals surface area contributed by atoms with Crippen molar-refractivity contribution in [1.82, 2.24) is 10.3 Å². The minimum Gasteiger partial charge on any atom is -0.364 e. The van der Waals surface area contributed by atoms with Gasteiger partial charge in [0.25, 0.3) is 5.91 Å². The third-order valence-corrected chi connectivity index (χ3v) is 1.29. The predicted octanol–water partition coefficient (Wildman–Crippen LogP) is 0.373. The topological polar surface area (TPSA) is 82.0 Å². The summed E-state index contributed by atoms with van der Waals surface area (Å²) < 4.78 is 17.4. The number of rotatable bonds is 2. The molecular weight excluding hydrogens is 165 g/mol. The molecule has 66 valence electrons. The molecule has 2 N–H and O–H groups in total. The number of hydrogen-bond acceptors (Lipinski definition) is 4. The highest BCUT2D eigenvalue weighted by molar-refractivity contribution is 5.91. The van der Waals surface area contributed by atoms with E-state index in [4.69, 9.17) is 5.73 Å². The minimum atomic E-state index is -1.77. The zero-order chi connectivity index (χ0) is 9.35. The summed E-state index contributed by atoms with van der Waals surface area (Å²) in [5, 5.41) is 6.43. The van der Waals surface area contributed by atoms with E-state index in [0.717, 1.165) is 0 Å². The molecule has 12 heavy (non-hydrogen) atoms. The normalized spacial score (nSPS) is 11.6. The van der Waals surface area contributed by atoms with Crippen molar-refractivity contribution in [2.75, 3.05) is 0 Å². The molecule has 0 spiro atoms. The van der Waals surface area contributed by atoms with E-state index in [1.807, 2.05) is 0 Å². The van der Waals surface area contributed by atoms with Crippen molar-refractivity contribution < 1.29 is 13.8 Å². The van der Waals surface area contributed by atoms with Gasteiger partial charge in [-0.3, -0.25) is 4.79 Å². The molecular formula is C6H8FN3O2. The highest BCUT2D eigenvalue weighted by Crippen LogP contribution is 2.24. The van der Waals surface area contributed by atoms with Gasteiger partial charge < -0.3 is 5.73 Å². The van der Waals surface area contributed by atoms with Crippen LogP contribution in [0.4, 0.5) is 4.39 Å². The fourth-order valence-electron chi connectivity index (χ4n) is 0.740. The fraction of sp³-hybridized carbons (Fsp3) is 0.500. The van der Waals surface area contributed by atoms with Crippen LogP contribution in [0, 0.1) is 0 Å². The lowest BCUT2D eigenvalue weighted by atomic mass is 10.1. The van der Waals surface area contributed by atoms with Gasteiger partial charge in [0.15, 0.2) is 17.1 Å². The Morgan fingerprint density at radius 1 is 1.58 bits per heavy atom. The van der Waals surface area contributed by atoms with E-state index in [-0.39, 0.29) is 11.4 Å². The number of nitrogens with zero attached hydrogens (tertiary/aromatic N) is 2. The average molecular weight is 173 g/mol. The molecule has 1 aromatic rings. The van der Waals surface area contributed by atoms with Crippen LogP contribution in [0.5, 0.6) is 0 Å². The number of alkyl halides is 1. The molecule has 1 amide bonds. The summed E-state index contributed by atoms with van der Waals surface area (Å²) in [4.78, 5) is 10.6. The monoisotopic (exact) mass is 173 g/mol. The maximum atomic E-state index is 13.2. The van der Waals surface area contributed by atoms with E-state index < -0.39 is 11.6 Å². The van der Waals surface area contributed by atoms with Gasteiger partial charge in [-0.2, -0.15) is 0 Å². The second kappa shape index (κ2) is 2.54. The van der Waals surface area contributed by atoms with Crippen LogP contribution < -0.4 is 5.73 Å². The van der Waals surface area contributed by atoms with Gasteiger partial charge in [-0.1, -0.05) is 5.16 Å². The number of halogens is 1. The van der Waals surface area contributed by atoms with Crippen LogP contribution in [0.1, 0.15) is 30.0 Å². The van der Waals surface area contributed by atoms with Crippen molar-refractivity contribution in [3.05, 3.63) is 11.4 Å². The van der Waals surface area contributed by atoms with Gasteiger partial charge in [0.2, 0.25) is 0 Å². The van der Waals surface area contributed by atoms with Gasteiger partial charge in [0, 0.05) is 0 Å². The SMILES string of the molecule is CC(C)(F)c1nonc1C(N)=O. The van der Waals surface area contributed by atoms with E-state index in [9.17, 15) is 9.18 Å². The maximum Gasteiger partial charge on any atom is 0.273 e.